The van der Waals surface area contributed by atoms with E-state index in [1.54, 1.807) is 0 Å². The Labute approximate surface area is 150 Å². The van der Waals surface area contributed by atoms with E-state index >= 15 is 0 Å². The number of rotatable bonds is 7. The van der Waals surface area contributed by atoms with Gasteiger partial charge in [-0.15, -0.1) is 0 Å². The Kier molecular flexibility index (Phi) is 6.84. The Hall–Kier alpha value is -1.43. The number of carbonyl (C=O) groups excluding carboxylic acids is 1. The van der Waals surface area contributed by atoms with E-state index in [-0.39, 0.29) is 12.0 Å². The highest BCUT2D eigenvalue weighted by Gasteiger charge is 2.33. The second-order valence-electron chi connectivity index (χ2n) is 7.12. The van der Waals surface area contributed by atoms with Gasteiger partial charge in [0.2, 0.25) is 5.91 Å². The molecule has 0 aromatic heterocycles. The number of piperazine rings is 1. The molecule has 1 amide bonds. The zero-order valence-electron chi connectivity index (χ0n) is 15.0. The van der Waals surface area contributed by atoms with Crippen molar-refractivity contribution in [2.24, 2.45) is 0 Å². The lowest BCUT2D eigenvalue weighted by Gasteiger charge is -2.39. The number of ether oxygens (including phenoxy) is 1. The van der Waals surface area contributed by atoms with Crippen molar-refractivity contribution in [1.82, 2.24) is 9.80 Å². The highest BCUT2D eigenvalue weighted by molar-refractivity contribution is 5.76. The lowest BCUT2D eigenvalue weighted by Crippen LogP contribution is -2.53. The number of amides is 1. The number of aliphatic hydroxyl groups is 1. The highest BCUT2D eigenvalue weighted by Crippen LogP contribution is 2.25. The van der Waals surface area contributed by atoms with E-state index in [1.165, 1.54) is 5.56 Å². The van der Waals surface area contributed by atoms with Crippen LogP contribution in [0.15, 0.2) is 30.3 Å². The molecule has 1 aromatic carbocycles. The minimum atomic E-state index is -0.177. The van der Waals surface area contributed by atoms with Crippen LogP contribution in [-0.4, -0.2) is 65.7 Å². The predicted molar refractivity (Wildman–Crippen MR) is 97.1 cm³/mol. The van der Waals surface area contributed by atoms with Gasteiger partial charge in [-0.3, -0.25) is 9.69 Å². The Balaban J connectivity index is 1.29. The first kappa shape index (κ1) is 18.4. The van der Waals surface area contributed by atoms with E-state index in [9.17, 15) is 9.90 Å². The van der Waals surface area contributed by atoms with Crippen LogP contribution in [0.1, 0.15) is 37.7 Å². The summed E-state index contributed by atoms with van der Waals surface area (Å²) in [5, 5.41) is 10.0. The summed E-state index contributed by atoms with van der Waals surface area (Å²) in [5.74, 6) is 0.231. The van der Waals surface area contributed by atoms with Gasteiger partial charge in [0.05, 0.1) is 12.7 Å². The standard InChI is InChI=1S/C20H30N2O3/c23-19-9-4-8-18(19)21-11-13-22(14-12-21)20(24)10-5-15-25-16-17-6-2-1-3-7-17/h1-3,6-7,18-19,23H,4-5,8-16H2. The van der Waals surface area contributed by atoms with Gasteiger partial charge in [0.15, 0.2) is 0 Å². The third-order valence-corrected chi connectivity index (χ3v) is 5.37. The highest BCUT2D eigenvalue weighted by atomic mass is 16.5. The summed E-state index contributed by atoms with van der Waals surface area (Å²) in [4.78, 5) is 16.7. The Morgan fingerprint density at radius 3 is 2.56 bits per heavy atom. The molecule has 1 heterocycles. The molecule has 3 rings (SSSR count). The molecule has 1 aromatic rings. The van der Waals surface area contributed by atoms with Gasteiger partial charge < -0.3 is 14.7 Å². The first-order valence-corrected chi connectivity index (χ1v) is 9.55. The summed E-state index contributed by atoms with van der Waals surface area (Å²) < 4.78 is 5.65. The number of hydrogen-bond donors (Lipinski definition) is 1. The first-order valence-electron chi connectivity index (χ1n) is 9.55. The van der Waals surface area contributed by atoms with Crippen LogP contribution in [0.5, 0.6) is 0 Å². The molecule has 5 heteroatoms. The van der Waals surface area contributed by atoms with Crippen LogP contribution in [0.4, 0.5) is 0 Å². The van der Waals surface area contributed by atoms with Crippen molar-refractivity contribution in [2.75, 3.05) is 32.8 Å². The molecule has 2 unspecified atom stereocenters. The number of benzene rings is 1. The van der Waals surface area contributed by atoms with Crippen LogP contribution in [0, 0.1) is 0 Å². The van der Waals surface area contributed by atoms with E-state index in [0.717, 1.165) is 51.9 Å². The monoisotopic (exact) mass is 346 g/mol. The molecule has 2 aliphatic rings. The van der Waals surface area contributed by atoms with Crippen LogP contribution in [-0.2, 0) is 16.1 Å². The lowest BCUT2D eigenvalue weighted by molar-refractivity contribution is -0.133. The predicted octanol–water partition coefficient (Wildman–Crippen LogP) is 2.04. The molecule has 0 radical (unpaired) electrons. The van der Waals surface area contributed by atoms with Crippen LogP contribution < -0.4 is 0 Å². The average Bonchev–Trinajstić information content (AvgIpc) is 3.08. The fourth-order valence-corrected chi connectivity index (χ4v) is 3.90. The van der Waals surface area contributed by atoms with Crippen molar-refractivity contribution < 1.29 is 14.6 Å². The Morgan fingerprint density at radius 1 is 1.12 bits per heavy atom. The number of aliphatic hydroxyl groups excluding tert-OH is 1. The van der Waals surface area contributed by atoms with Crippen molar-refractivity contribution >= 4 is 5.91 Å². The van der Waals surface area contributed by atoms with Crippen LogP contribution in [0.3, 0.4) is 0 Å². The summed E-state index contributed by atoms with van der Waals surface area (Å²) in [7, 11) is 0. The van der Waals surface area contributed by atoms with Crippen molar-refractivity contribution in [2.45, 2.75) is 50.9 Å². The molecule has 2 atom stereocenters. The van der Waals surface area contributed by atoms with Gasteiger partial charge in [-0.05, 0) is 31.2 Å². The molecule has 2 fully saturated rings. The second-order valence-corrected chi connectivity index (χ2v) is 7.12. The second kappa shape index (κ2) is 9.32. The molecule has 138 valence electrons. The molecule has 1 N–H and O–H groups in total. The van der Waals surface area contributed by atoms with E-state index in [4.69, 9.17) is 4.74 Å². The summed E-state index contributed by atoms with van der Waals surface area (Å²) in [6, 6.07) is 10.4. The minimum absolute atomic E-state index is 0.177. The van der Waals surface area contributed by atoms with Crippen molar-refractivity contribution in [3.8, 4) is 0 Å². The number of carbonyl (C=O) groups is 1. The van der Waals surface area contributed by atoms with Gasteiger partial charge in [0, 0.05) is 45.2 Å². The SMILES string of the molecule is O=C(CCCOCc1ccccc1)N1CCN(C2CCCC2O)CC1. The smallest absolute Gasteiger partial charge is 0.222 e. The molecule has 1 saturated heterocycles. The van der Waals surface area contributed by atoms with Crippen molar-refractivity contribution in [1.29, 1.82) is 0 Å². The molecule has 1 saturated carbocycles. The average molecular weight is 346 g/mol. The third-order valence-electron chi connectivity index (χ3n) is 5.37. The van der Waals surface area contributed by atoms with E-state index in [0.29, 0.717) is 25.7 Å². The zero-order chi connectivity index (χ0) is 17.5. The third kappa shape index (κ3) is 5.27. The summed E-state index contributed by atoms with van der Waals surface area (Å²) in [5.41, 5.74) is 1.17. The topological polar surface area (TPSA) is 53.0 Å². The summed E-state index contributed by atoms with van der Waals surface area (Å²) >= 11 is 0. The van der Waals surface area contributed by atoms with Crippen molar-refractivity contribution in [3.05, 3.63) is 35.9 Å². The van der Waals surface area contributed by atoms with Gasteiger partial charge in [0.1, 0.15) is 0 Å². The van der Waals surface area contributed by atoms with Gasteiger partial charge in [-0.2, -0.15) is 0 Å². The lowest BCUT2D eigenvalue weighted by atomic mass is 10.1. The van der Waals surface area contributed by atoms with Gasteiger partial charge in [0.25, 0.3) is 0 Å². The number of hydrogen-bond acceptors (Lipinski definition) is 4. The van der Waals surface area contributed by atoms with Gasteiger partial charge >= 0.3 is 0 Å². The quantitative estimate of drug-likeness (QED) is 0.768. The maximum atomic E-state index is 12.3. The molecular formula is C20H30N2O3. The van der Waals surface area contributed by atoms with Gasteiger partial charge in [-0.1, -0.05) is 30.3 Å². The van der Waals surface area contributed by atoms with E-state index in [2.05, 4.69) is 4.90 Å². The van der Waals surface area contributed by atoms with Crippen LogP contribution >= 0.6 is 0 Å². The van der Waals surface area contributed by atoms with Gasteiger partial charge in [-0.25, -0.2) is 0 Å². The molecule has 0 spiro atoms. The maximum Gasteiger partial charge on any atom is 0.222 e. The molecule has 5 nitrogen and oxygen atoms in total. The molecule has 1 aliphatic carbocycles. The zero-order valence-corrected chi connectivity index (χ0v) is 15.0. The van der Waals surface area contributed by atoms with Crippen LogP contribution in [0.2, 0.25) is 0 Å². The minimum Gasteiger partial charge on any atom is -0.391 e. The fraction of sp³-hybridized carbons (Fsp3) is 0.650. The molecule has 0 bridgehead atoms. The van der Waals surface area contributed by atoms with E-state index in [1.807, 2.05) is 35.2 Å². The first-order chi connectivity index (χ1) is 12.2. The largest absolute Gasteiger partial charge is 0.391 e. The van der Waals surface area contributed by atoms with Crippen molar-refractivity contribution in [3.63, 3.8) is 0 Å². The Morgan fingerprint density at radius 2 is 1.88 bits per heavy atom. The van der Waals surface area contributed by atoms with Crippen LogP contribution in [0.25, 0.3) is 0 Å². The summed E-state index contributed by atoms with van der Waals surface area (Å²) in [6.45, 7) is 4.57. The summed E-state index contributed by atoms with van der Waals surface area (Å²) in [6.07, 6.45) is 4.28. The maximum absolute atomic E-state index is 12.3. The molecule has 1 aliphatic heterocycles. The fourth-order valence-electron chi connectivity index (χ4n) is 3.90. The number of nitrogens with zero attached hydrogens (tertiary/aromatic N) is 2. The molecule has 25 heavy (non-hydrogen) atoms. The normalized spacial score (nSPS) is 24.6. The molecular weight excluding hydrogens is 316 g/mol. The van der Waals surface area contributed by atoms with E-state index < -0.39 is 0 Å². The Bertz CT molecular complexity index is 529.